The van der Waals surface area contributed by atoms with E-state index in [4.69, 9.17) is 14.6 Å². The molecule has 1 unspecified atom stereocenters. The number of rotatable bonds is 5. The van der Waals surface area contributed by atoms with Crippen LogP contribution in [-0.4, -0.2) is 54.3 Å². The van der Waals surface area contributed by atoms with Crippen LogP contribution in [0.4, 0.5) is 0 Å². The van der Waals surface area contributed by atoms with Crippen molar-refractivity contribution in [2.75, 3.05) is 26.3 Å². The van der Waals surface area contributed by atoms with Crippen LogP contribution in [0, 0.1) is 13.8 Å². The van der Waals surface area contributed by atoms with Gasteiger partial charge >= 0.3 is 5.97 Å². The molecule has 1 fully saturated rings. The van der Waals surface area contributed by atoms with Crippen LogP contribution < -0.4 is 4.74 Å². The Labute approximate surface area is 136 Å². The van der Waals surface area contributed by atoms with Crippen molar-refractivity contribution in [3.63, 3.8) is 0 Å². The molecule has 0 bridgehead atoms. The van der Waals surface area contributed by atoms with Crippen molar-refractivity contribution in [2.24, 2.45) is 0 Å². The van der Waals surface area contributed by atoms with Crippen LogP contribution in [0.5, 0.6) is 5.75 Å². The lowest BCUT2D eigenvalue weighted by atomic mass is 10.0. The summed E-state index contributed by atoms with van der Waals surface area (Å²) in [7, 11) is 0. The topological polar surface area (TPSA) is 76.1 Å². The number of aryl methyl sites for hydroxylation is 2. The Morgan fingerprint density at radius 3 is 2.57 bits per heavy atom. The Bertz CT molecular complexity index is 576. The molecular formula is C17H23NO5. The summed E-state index contributed by atoms with van der Waals surface area (Å²) in [6.45, 7) is 7.03. The summed E-state index contributed by atoms with van der Waals surface area (Å²) in [6.07, 6.45) is 0.970. The van der Waals surface area contributed by atoms with Crippen LogP contribution in [-0.2, 0) is 9.53 Å². The molecule has 23 heavy (non-hydrogen) atoms. The van der Waals surface area contributed by atoms with Crippen LogP contribution in [0.2, 0.25) is 0 Å². The lowest BCUT2D eigenvalue weighted by Crippen LogP contribution is -2.45. The first-order chi connectivity index (χ1) is 10.9. The van der Waals surface area contributed by atoms with Gasteiger partial charge in [0.25, 0.3) is 5.91 Å². The van der Waals surface area contributed by atoms with Gasteiger partial charge in [0.05, 0.1) is 12.7 Å². The van der Waals surface area contributed by atoms with Gasteiger partial charge in [-0.25, -0.2) is 4.79 Å². The summed E-state index contributed by atoms with van der Waals surface area (Å²) >= 11 is 0. The molecule has 1 atom stereocenters. The Morgan fingerprint density at radius 2 is 2.00 bits per heavy atom. The Kier molecular flexibility index (Phi) is 5.60. The second-order valence-corrected chi connectivity index (χ2v) is 5.77. The summed E-state index contributed by atoms with van der Waals surface area (Å²) in [5.74, 6) is -0.525. The average molecular weight is 321 g/mol. The van der Waals surface area contributed by atoms with Gasteiger partial charge in [0.1, 0.15) is 5.75 Å². The minimum atomic E-state index is -1.03. The average Bonchev–Trinajstić information content (AvgIpc) is 2.53. The maximum Gasteiger partial charge on any atom is 0.341 e. The zero-order valence-corrected chi connectivity index (χ0v) is 13.8. The molecule has 0 aromatic heterocycles. The van der Waals surface area contributed by atoms with E-state index in [1.54, 1.807) is 12.1 Å². The SMILES string of the molecule is CCC1CN(C(=O)c2cc(C)c(OCC(=O)O)c(C)c2)CCO1. The number of carboxylic acid groups (broad SMARTS) is 1. The first-order valence-corrected chi connectivity index (χ1v) is 7.79. The fourth-order valence-electron chi connectivity index (χ4n) is 2.77. The number of benzene rings is 1. The molecule has 1 aliphatic heterocycles. The van der Waals surface area contributed by atoms with Crippen molar-refractivity contribution in [1.29, 1.82) is 0 Å². The number of aliphatic carboxylic acids is 1. The van der Waals surface area contributed by atoms with Crippen molar-refractivity contribution in [1.82, 2.24) is 4.90 Å². The Hall–Kier alpha value is -2.08. The number of morpholine rings is 1. The van der Waals surface area contributed by atoms with Gasteiger partial charge < -0.3 is 19.5 Å². The maximum absolute atomic E-state index is 12.7. The van der Waals surface area contributed by atoms with Crippen molar-refractivity contribution in [3.05, 3.63) is 28.8 Å². The Balaban J connectivity index is 2.16. The number of ether oxygens (including phenoxy) is 2. The van der Waals surface area contributed by atoms with Gasteiger partial charge in [-0.2, -0.15) is 0 Å². The first kappa shape index (κ1) is 17.3. The van der Waals surface area contributed by atoms with Gasteiger partial charge in [0, 0.05) is 18.7 Å². The van der Waals surface area contributed by atoms with E-state index in [9.17, 15) is 9.59 Å². The number of carbonyl (C=O) groups excluding carboxylic acids is 1. The van der Waals surface area contributed by atoms with Crippen LogP contribution in [0.1, 0.15) is 34.8 Å². The third-order valence-electron chi connectivity index (χ3n) is 3.93. The quantitative estimate of drug-likeness (QED) is 0.898. The van der Waals surface area contributed by atoms with Gasteiger partial charge in [-0.15, -0.1) is 0 Å². The normalized spacial score (nSPS) is 17.9. The smallest absolute Gasteiger partial charge is 0.341 e. The molecule has 126 valence electrons. The lowest BCUT2D eigenvalue weighted by Gasteiger charge is -2.32. The van der Waals surface area contributed by atoms with Crippen molar-refractivity contribution < 1.29 is 24.2 Å². The minimum absolute atomic E-state index is 0.0252. The van der Waals surface area contributed by atoms with Gasteiger partial charge in [0.2, 0.25) is 0 Å². The van der Waals surface area contributed by atoms with E-state index in [1.807, 2.05) is 25.7 Å². The molecule has 1 amide bonds. The predicted octanol–water partition coefficient (Wildman–Crippen LogP) is 2.02. The highest BCUT2D eigenvalue weighted by Gasteiger charge is 2.24. The lowest BCUT2D eigenvalue weighted by molar-refractivity contribution is -0.139. The monoisotopic (exact) mass is 321 g/mol. The maximum atomic E-state index is 12.7. The molecule has 1 heterocycles. The van der Waals surface area contributed by atoms with Gasteiger partial charge in [-0.1, -0.05) is 6.92 Å². The van der Waals surface area contributed by atoms with E-state index in [1.165, 1.54) is 0 Å². The Morgan fingerprint density at radius 1 is 1.35 bits per heavy atom. The molecule has 2 rings (SSSR count). The molecule has 1 aliphatic rings. The van der Waals surface area contributed by atoms with Crippen LogP contribution in [0.25, 0.3) is 0 Å². The molecular weight excluding hydrogens is 298 g/mol. The van der Waals surface area contributed by atoms with Crippen LogP contribution >= 0.6 is 0 Å². The second kappa shape index (κ2) is 7.46. The standard InChI is InChI=1S/C17H23NO5/c1-4-14-9-18(5-6-22-14)17(21)13-7-11(2)16(12(3)8-13)23-10-15(19)20/h7-8,14H,4-6,9-10H2,1-3H3,(H,19,20). The summed E-state index contributed by atoms with van der Waals surface area (Å²) < 4.78 is 10.9. The van der Waals surface area contributed by atoms with E-state index in [0.29, 0.717) is 31.0 Å². The van der Waals surface area contributed by atoms with Gasteiger partial charge in [-0.05, 0) is 43.5 Å². The third kappa shape index (κ3) is 4.22. The summed E-state index contributed by atoms with van der Waals surface area (Å²) in [5, 5.41) is 8.72. The van der Waals surface area contributed by atoms with E-state index < -0.39 is 12.6 Å². The first-order valence-electron chi connectivity index (χ1n) is 7.79. The number of hydrogen-bond donors (Lipinski definition) is 1. The highest BCUT2D eigenvalue weighted by molar-refractivity contribution is 5.95. The molecule has 1 aromatic carbocycles. The summed E-state index contributed by atoms with van der Waals surface area (Å²) in [5.41, 5.74) is 2.12. The van der Waals surface area contributed by atoms with E-state index in [2.05, 4.69) is 0 Å². The molecule has 0 radical (unpaired) electrons. The molecule has 6 nitrogen and oxygen atoms in total. The molecule has 0 aliphatic carbocycles. The fourth-order valence-corrected chi connectivity index (χ4v) is 2.77. The molecule has 0 spiro atoms. The molecule has 1 saturated heterocycles. The minimum Gasteiger partial charge on any atom is -0.481 e. The highest BCUT2D eigenvalue weighted by Crippen LogP contribution is 2.26. The number of carboxylic acids is 1. The number of hydrogen-bond acceptors (Lipinski definition) is 4. The summed E-state index contributed by atoms with van der Waals surface area (Å²) in [4.78, 5) is 25.1. The molecule has 6 heteroatoms. The van der Waals surface area contributed by atoms with Crippen LogP contribution in [0.15, 0.2) is 12.1 Å². The van der Waals surface area contributed by atoms with E-state index >= 15 is 0 Å². The van der Waals surface area contributed by atoms with Crippen molar-refractivity contribution in [2.45, 2.75) is 33.3 Å². The van der Waals surface area contributed by atoms with Gasteiger partial charge in [0.15, 0.2) is 6.61 Å². The highest BCUT2D eigenvalue weighted by atomic mass is 16.5. The molecule has 1 aromatic rings. The zero-order chi connectivity index (χ0) is 17.0. The molecule has 0 saturated carbocycles. The van der Waals surface area contributed by atoms with Crippen molar-refractivity contribution >= 4 is 11.9 Å². The largest absolute Gasteiger partial charge is 0.481 e. The third-order valence-corrected chi connectivity index (χ3v) is 3.93. The van der Waals surface area contributed by atoms with Crippen molar-refractivity contribution in [3.8, 4) is 5.75 Å². The number of carbonyl (C=O) groups is 2. The van der Waals surface area contributed by atoms with Gasteiger partial charge in [-0.3, -0.25) is 4.79 Å². The fraction of sp³-hybridized carbons (Fsp3) is 0.529. The second-order valence-electron chi connectivity index (χ2n) is 5.77. The molecule has 1 N–H and O–H groups in total. The predicted molar refractivity (Wildman–Crippen MR) is 85.0 cm³/mol. The number of nitrogens with zero attached hydrogens (tertiary/aromatic N) is 1. The number of amides is 1. The van der Waals surface area contributed by atoms with E-state index in [-0.39, 0.29) is 12.0 Å². The van der Waals surface area contributed by atoms with Crippen LogP contribution in [0.3, 0.4) is 0 Å². The van der Waals surface area contributed by atoms with E-state index in [0.717, 1.165) is 17.5 Å². The zero-order valence-electron chi connectivity index (χ0n) is 13.8. The summed E-state index contributed by atoms with van der Waals surface area (Å²) in [6, 6.07) is 3.51.